The number of anilines is 1. The topological polar surface area (TPSA) is 79.6 Å². The quantitative estimate of drug-likeness (QED) is 0.529. The molecule has 1 unspecified atom stereocenters. The van der Waals surface area contributed by atoms with Crippen LogP contribution in [0.4, 0.5) is 5.69 Å². The number of nitrogens with one attached hydrogen (secondary N) is 1. The van der Waals surface area contributed by atoms with Crippen LogP contribution in [0.25, 0.3) is 0 Å². The van der Waals surface area contributed by atoms with Crippen LogP contribution in [-0.2, 0) is 11.3 Å². The fourth-order valence-corrected chi connectivity index (χ4v) is 5.51. The van der Waals surface area contributed by atoms with E-state index in [1.54, 1.807) is 10.4 Å². The Labute approximate surface area is 196 Å². The van der Waals surface area contributed by atoms with E-state index in [0.717, 1.165) is 24.2 Å². The third-order valence-electron chi connectivity index (χ3n) is 6.02. The summed E-state index contributed by atoms with van der Waals surface area (Å²) < 4.78 is 22.5. The number of halogens is 1. The smallest absolute Gasteiger partial charge is 0.234 e. The lowest BCUT2D eigenvalue weighted by molar-refractivity contribution is 0.185. The summed E-state index contributed by atoms with van der Waals surface area (Å²) in [5.74, 6) is 0.327. The Balaban J connectivity index is 0.000000452. The molecular weight excluding hydrogens is 432 g/mol. The van der Waals surface area contributed by atoms with Gasteiger partial charge in [-0.2, -0.15) is 9.57 Å². The highest BCUT2D eigenvalue weighted by molar-refractivity contribution is 7.76. The van der Waals surface area contributed by atoms with Gasteiger partial charge in [-0.05, 0) is 78.1 Å². The fraction of sp³-hybridized carbons (Fsp3) is 0.696. The van der Waals surface area contributed by atoms with Crippen LogP contribution in [0.5, 0.6) is 0 Å². The van der Waals surface area contributed by atoms with Crippen molar-refractivity contribution in [3.05, 3.63) is 28.3 Å². The molecule has 31 heavy (non-hydrogen) atoms. The molecule has 1 aliphatic heterocycles. The van der Waals surface area contributed by atoms with Crippen molar-refractivity contribution >= 4 is 28.6 Å². The Hall–Kier alpha value is -1.17. The number of hydrogen-bond donors (Lipinski definition) is 2. The minimum Gasteiger partial charge on any atom is -0.381 e. The van der Waals surface area contributed by atoms with E-state index in [9.17, 15) is 8.76 Å². The molecule has 0 amide bonds. The lowest BCUT2D eigenvalue weighted by atomic mass is 9.97. The van der Waals surface area contributed by atoms with Crippen LogP contribution in [-0.4, -0.2) is 55.2 Å². The first-order valence-electron chi connectivity index (χ1n) is 11.0. The van der Waals surface area contributed by atoms with E-state index in [1.807, 2.05) is 19.9 Å². The predicted octanol–water partition coefficient (Wildman–Crippen LogP) is 5.29. The lowest BCUT2D eigenvalue weighted by Crippen LogP contribution is -2.44. The van der Waals surface area contributed by atoms with Crippen LogP contribution < -0.4 is 5.32 Å². The van der Waals surface area contributed by atoms with E-state index in [-0.39, 0.29) is 12.1 Å². The van der Waals surface area contributed by atoms with Crippen LogP contribution in [0, 0.1) is 24.2 Å². The fourth-order valence-electron chi connectivity index (χ4n) is 4.44. The summed E-state index contributed by atoms with van der Waals surface area (Å²) in [6.07, 6.45) is 0.899. The summed E-state index contributed by atoms with van der Waals surface area (Å²) in [6.45, 7) is 18.9. The zero-order chi connectivity index (χ0) is 23.9. The largest absolute Gasteiger partial charge is 0.381 e. The van der Waals surface area contributed by atoms with Crippen LogP contribution in [0.3, 0.4) is 0 Å². The molecule has 1 aromatic carbocycles. The van der Waals surface area contributed by atoms with Gasteiger partial charge in [0, 0.05) is 36.4 Å². The van der Waals surface area contributed by atoms with Crippen molar-refractivity contribution in [3.8, 4) is 6.07 Å². The third-order valence-corrected chi connectivity index (χ3v) is 7.33. The van der Waals surface area contributed by atoms with Gasteiger partial charge in [-0.3, -0.25) is 9.45 Å². The molecule has 2 rings (SSSR count). The molecule has 1 aromatic rings. The van der Waals surface area contributed by atoms with Gasteiger partial charge >= 0.3 is 0 Å². The van der Waals surface area contributed by atoms with Crippen molar-refractivity contribution in [1.82, 2.24) is 9.21 Å². The summed E-state index contributed by atoms with van der Waals surface area (Å²) in [5, 5.41) is 12.8. The van der Waals surface area contributed by atoms with Crippen molar-refractivity contribution in [3.63, 3.8) is 0 Å². The van der Waals surface area contributed by atoms with Crippen LogP contribution in [0.2, 0.25) is 5.02 Å². The van der Waals surface area contributed by atoms with Gasteiger partial charge in [0.25, 0.3) is 0 Å². The van der Waals surface area contributed by atoms with E-state index >= 15 is 0 Å². The molecule has 0 spiro atoms. The van der Waals surface area contributed by atoms with E-state index in [4.69, 9.17) is 16.9 Å². The summed E-state index contributed by atoms with van der Waals surface area (Å²) >= 11 is 4.23. The maximum absolute atomic E-state index is 11.5. The Bertz CT molecular complexity index is 774. The minimum absolute atomic E-state index is 0.0173. The normalized spacial score (nSPS) is 21.0. The number of nitriles is 1. The number of nitrogens with zero attached hydrogens (tertiary/aromatic N) is 3. The molecule has 1 heterocycles. The first kappa shape index (κ1) is 27.9. The molecule has 2 N–H and O–H groups in total. The maximum atomic E-state index is 11.5. The molecule has 8 heteroatoms. The SMILES string of the molecule is CCN(C(C)C)C(C)C.Cc1c(N[C@@H](C)[C@@H]2[C@@H](C)CCN2S(=O)O)ccc(C#N)c1Cl. The van der Waals surface area contributed by atoms with Crippen molar-refractivity contribution in [2.45, 2.75) is 86.0 Å². The van der Waals surface area contributed by atoms with Crippen LogP contribution in [0.1, 0.15) is 66.0 Å². The molecule has 176 valence electrons. The molecule has 1 fully saturated rings. The molecular formula is C23H39ClN4O2S. The van der Waals surface area contributed by atoms with Gasteiger partial charge in [0.05, 0.1) is 10.6 Å². The second kappa shape index (κ2) is 12.8. The minimum atomic E-state index is -1.96. The molecule has 0 bridgehead atoms. The van der Waals surface area contributed by atoms with Crippen LogP contribution in [0.15, 0.2) is 12.1 Å². The Morgan fingerprint density at radius 3 is 2.32 bits per heavy atom. The predicted molar refractivity (Wildman–Crippen MR) is 132 cm³/mol. The van der Waals surface area contributed by atoms with Gasteiger partial charge in [0.1, 0.15) is 6.07 Å². The zero-order valence-corrected chi connectivity index (χ0v) is 21.7. The van der Waals surface area contributed by atoms with Gasteiger partial charge in [-0.1, -0.05) is 25.4 Å². The molecule has 1 saturated heterocycles. The van der Waals surface area contributed by atoms with E-state index in [2.05, 4.69) is 57.8 Å². The average molecular weight is 471 g/mol. The average Bonchev–Trinajstić information content (AvgIpc) is 3.08. The number of hydrogen-bond acceptors (Lipinski definition) is 4. The number of rotatable bonds is 7. The van der Waals surface area contributed by atoms with Gasteiger partial charge in [-0.15, -0.1) is 0 Å². The van der Waals surface area contributed by atoms with E-state index in [0.29, 0.717) is 35.1 Å². The third kappa shape index (κ3) is 7.44. The molecule has 4 atom stereocenters. The Morgan fingerprint density at radius 2 is 1.90 bits per heavy atom. The highest BCUT2D eigenvalue weighted by atomic mass is 35.5. The highest BCUT2D eigenvalue weighted by Gasteiger charge is 2.38. The van der Waals surface area contributed by atoms with E-state index < -0.39 is 11.3 Å². The van der Waals surface area contributed by atoms with Gasteiger partial charge in [0.2, 0.25) is 11.3 Å². The molecule has 1 aliphatic rings. The zero-order valence-electron chi connectivity index (χ0n) is 20.1. The molecule has 0 radical (unpaired) electrons. The monoisotopic (exact) mass is 470 g/mol. The first-order chi connectivity index (χ1) is 14.5. The van der Waals surface area contributed by atoms with E-state index in [1.165, 1.54) is 0 Å². The van der Waals surface area contributed by atoms with Gasteiger partial charge in [-0.25, -0.2) is 4.21 Å². The van der Waals surface area contributed by atoms with Crippen molar-refractivity contribution in [2.24, 2.45) is 5.92 Å². The molecule has 0 aliphatic carbocycles. The summed E-state index contributed by atoms with van der Waals surface area (Å²) in [6, 6.07) is 6.91. The summed E-state index contributed by atoms with van der Waals surface area (Å²) in [4.78, 5) is 2.46. The maximum Gasteiger partial charge on any atom is 0.234 e. The standard InChI is InChI=1S/C15H20ClN3O2S.C8H19N/c1-9-6-7-19(22(20)21)15(9)11(3)18-13-5-4-12(8-17)14(16)10(13)2;1-6-9(7(2)3)8(4)5/h4-5,9,11,15,18H,6-7H2,1-3H3,(H,20,21);7-8H,6H2,1-5H3/t9-,11-,15-;/m0./s1. The lowest BCUT2D eigenvalue weighted by Gasteiger charge is -2.31. The Morgan fingerprint density at radius 1 is 1.32 bits per heavy atom. The second-order valence-electron chi connectivity index (χ2n) is 8.79. The first-order valence-corrected chi connectivity index (χ1v) is 12.5. The number of benzene rings is 1. The Kier molecular flexibility index (Phi) is 11.5. The van der Waals surface area contributed by atoms with Crippen LogP contribution >= 0.6 is 11.6 Å². The highest BCUT2D eigenvalue weighted by Crippen LogP contribution is 2.31. The summed E-state index contributed by atoms with van der Waals surface area (Å²) in [7, 11) is 0. The molecule has 0 aromatic heterocycles. The van der Waals surface area contributed by atoms with Crippen molar-refractivity contribution in [2.75, 3.05) is 18.4 Å². The van der Waals surface area contributed by atoms with Crippen molar-refractivity contribution < 1.29 is 8.76 Å². The summed E-state index contributed by atoms with van der Waals surface area (Å²) in [5.41, 5.74) is 2.11. The molecule has 6 nitrogen and oxygen atoms in total. The molecule has 0 saturated carbocycles. The van der Waals surface area contributed by atoms with Gasteiger partial charge in [0.15, 0.2) is 0 Å². The van der Waals surface area contributed by atoms with Gasteiger partial charge < -0.3 is 5.32 Å². The second-order valence-corrected chi connectivity index (χ2v) is 10.1. The van der Waals surface area contributed by atoms with Crippen molar-refractivity contribution in [1.29, 1.82) is 5.26 Å².